The number of hydrogen-bond acceptors (Lipinski definition) is 5. The number of unbranched alkanes of at least 4 members (excludes halogenated alkanes) is 1. The Labute approximate surface area is 133 Å². The third-order valence-corrected chi connectivity index (χ3v) is 3.56. The zero-order valence-corrected chi connectivity index (χ0v) is 13.1. The van der Waals surface area contributed by atoms with Crippen molar-refractivity contribution in [2.75, 3.05) is 20.2 Å². The van der Waals surface area contributed by atoms with E-state index in [1.54, 1.807) is 18.2 Å². The first-order valence-electron chi connectivity index (χ1n) is 7.34. The van der Waals surface area contributed by atoms with Gasteiger partial charge in [0.25, 0.3) is 0 Å². The number of nitrogens with zero attached hydrogens (tertiary/aromatic N) is 2. The molecule has 0 radical (unpaired) electrons. The molecule has 0 aliphatic carbocycles. The van der Waals surface area contributed by atoms with Crippen molar-refractivity contribution >= 4 is 23.6 Å². The molecule has 4 amide bonds. The first kappa shape index (κ1) is 16.7. The molecule has 7 nitrogen and oxygen atoms in total. The predicted octanol–water partition coefficient (Wildman–Crippen LogP) is 1.47. The quantitative estimate of drug-likeness (QED) is 0.432. The molecule has 0 atom stereocenters. The molecule has 1 saturated heterocycles. The van der Waals surface area contributed by atoms with Crippen molar-refractivity contribution in [1.29, 1.82) is 0 Å². The predicted molar refractivity (Wildman–Crippen MR) is 81.1 cm³/mol. The Hall–Kier alpha value is -2.70. The first-order valence-corrected chi connectivity index (χ1v) is 7.34. The van der Waals surface area contributed by atoms with Crippen LogP contribution in [0, 0.1) is 0 Å². The van der Waals surface area contributed by atoms with Crippen LogP contribution >= 0.6 is 0 Å². The van der Waals surface area contributed by atoms with Crippen LogP contribution < -0.4 is 4.74 Å². The Morgan fingerprint density at radius 1 is 1.13 bits per heavy atom. The summed E-state index contributed by atoms with van der Waals surface area (Å²) in [6, 6.07) is 5.66. The zero-order chi connectivity index (χ0) is 17.0. The molecule has 122 valence electrons. The van der Waals surface area contributed by atoms with E-state index in [1.165, 1.54) is 13.2 Å². The van der Waals surface area contributed by atoms with Gasteiger partial charge in [0.05, 0.1) is 13.7 Å². The van der Waals surface area contributed by atoms with Crippen LogP contribution in [-0.4, -0.2) is 53.6 Å². The maximum Gasteiger partial charge on any atom is 0.334 e. The average Bonchev–Trinajstić information content (AvgIpc) is 2.76. The molecule has 1 heterocycles. The zero-order valence-electron chi connectivity index (χ0n) is 13.1. The maximum absolute atomic E-state index is 12.3. The molecule has 0 unspecified atom stereocenters. The fourth-order valence-electron chi connectivity index (χ4n) is 2.23. The van der Waals surface area contributed by atoms with Gasteiger partial charge in [0.1, 0.15) is 5.75 Å². The summed E-state index contributed by atoms with van der Waals surface area (Å²) in [4.78, 5) is 49.7. The van der Waals surface area contributed by atoms with Gasteiger partial charge in [-0.2, -0.15) is 0 Å². The number of ether oxygens (including phenoxy) is 1. The molecule has 1 fully saturated rings. The smallest absolute Gasteiger partial charge is 0.334 e. The van der Waals surface area contributed by atoms with E-state index in [1.807, 2.05) is 6.92 Å². The van der Waals surface area contributed by atoms with E-state index in [9.17, 15) is 19.2 Å². The third-order valence-electron chi connectivity index (χ3n) is 3.56. The summed E-state index contributed by atoms with van der Waals surface area (Å²) < 4.78 is 5.03. The highest BCUT2D eigenvalue weighted by Crippen LogP contribution is 2.17. The third kappa shape index (κ3) is 3.39. The van der Waals surface area contributed by atoms with Crippen molar-refractivity contribution in [3.8, 4) is 5.75 Å². The average molecular weight is 318 g/mol. The summed E-state index contributed by atoms with van der Waals surface area (Å²) in [5.74, 6) is -1.77. The molecule has 1 aliphatic rings. The summed E-state index contributed by atoms with van der Waals surface area (Å²) in [5, 5.41) is 0. The Morgan fingerprint density at radius 3 is 2.48 bits per heavy atom. The Balaban J connectivity index is 2.12. The standard InChI is InChI=1S/C16H18N2O5/c1-3-4-8-17-14(20)15(21)18(16(17)22)10-13(19)11-6-5-7-12(9-11)23-2/h5-7,9H,3-4,8,10H2,1-2H3. The lowest BCUT2D eigenvalue weighted by molar-refractivity contribution is -0.143. The number of amides is 4. The molecule has 23 heavy (non-hydrogen) atoms. The van der Waals surface area contributed by atoms with Crippen LogP contribution in [0.3, 0.4) is 0 Å². The lowest BCUT2D eigenvalue weighted by Crippen LogP contribution is -2.37. The second-order valence-electron chi connectivity index (χ2n) is 5.14. The summed E-state index contributed by atoms with van der Waals surface area (Å²) in [5.41, 5.74) is 0.310. The van der Waals surface area contributed by atoms with E-state index in [0.717, 1.165) is 11.3 Å². The molecule has 0 saturated carbocycles. The van der Waals surface area contributed by atoms with Crippen LogP contribution in [0.15, 0.2) is 24.3 Å². The van der Waals surface area contributed by atoms with Crippen molar-refractivity contribution in [3.63, 3.8) is 0 Å². The molecule has 0 spiro atoms. The second-order valence-corrected chi connectivity index (χ2v) is 5.14. The van der Waals surface area contributed by atoms with Gasteiger partial charge in [0, 0.05) is 12.1 Å². The van der Waals surface area contributed by atoms with Crippen LogP contribution in [0.4, 0.5) is 4.79 Å². The van der Waals surface area contributed by atoms with Gasteiger partial charge in [0.2, 0.25) is 0 Å². The van der Waals surface area contributed by atoms with Gasteiger partial charge in [-0.3, -0.25) is 19.3 Å². The molecule has 0 bridgehead atoms. The van der Waals surface area contributed by atoms with Gasteiger partial charge in [-0.15, -0.1) is 0 Å². The summed E-state index contributed by atoms with van der Waals surface area (Å²) >= 11 is 0. The minimum Gasteiger partial charge on any atom is -0.497 e. The first-order chi connectivity index (χ1) is 11.0. The lowest BCUT2D eigenvalue weighted by atomic mass is 10.1. The number of methoxy groups -OCH3 is 1. The van der Waals surface area contributed by atoms with Crippen molar-refractivity contribution in [3.05, 3.63) is 29.8 Å². The summed E-state index contributed by atoms with van der Waals surface area (Å²) in [6.07, 6.45) is 1.40. The molecule has 2 rings (SSSR count). The van der Waals surface area contributed by atoms with E-state index in [2.05, 4.69) is 0 Å². The number of urea groups is 1. The van der Waals surface area contributed by atoms with E-state index >= 15 is 0 Å². The minimum absolute atomic E-state index is 0.184. The molecule has 0 N–H and O–H groups in total. The van der Waals surface area contributed by atoms with Crippen molar-refractivity contribution < 1.29 is 23.9 Å². The molecular weight excluding hydrogens is 300 g/mol. The normalized spacial score (nSPS) is 14.6. The number of carbonyl (C=O) groups is 4. The molecule has 7 heteroatoms. The van der Waals surface area contributed by atoms with Crippen molar-refractivity contribution in [2.45, 2.75) is 19.8 Å². The molecular formula is C16H18N2O5. The second kappa shape index (κ2) is 7.04. The van der Waals surface area contributed by atoms with E-state index in [0.29, 0.717) is 22.6 Å². The van der Waals surface area contributed by atoms with E-state index in [4.69, 9.17) is 4.74 Å². The number of benzene rings is 1. The fraction of sp³-hybridized carbons (Fsp3) is 0.375. The van der Waals surface area contributed by atoms with Crippen molar-refractivity contribution in [1.82, 2.24) is 9.80 Å². The Bertz CT molecular complexity index is 656. The van der Waals surface area contributed by atoms with Crippen molar-refractivity contribution in [2.24, 2.45) is 0 Å². The highest BCUT2D eigenvalue weighted by molar-refractivity contribution is 6.45. The topological polar surface area (TPSA) is 84.0 Å². The van der Waals surface area contributed by atoms with E-state index in [-0.39, 0.29) is 6.54 Å². The highest BCUT2D eigenvalue weighted by atomic mass is 16.5. The molecule has 1 aromatic carbocycles. The molecule has 1 aromatic rings. The lowest BCUT2D eigenvalue weighted by Gasteiger charge is -2.14. The molecule has 1 aliphatic heterocycles. The van der Waals surface area contributed by atoms with Gasteiger partial charge in [-0.25, -0.2) is 9.69 Å². The largest absolute Gasteiger partial charge is 0.497 e. The van der Waals surface area contributed by atoms with Crippen LogP contribution in [-0.2, 0) is 9.59 Å². The number of ketones is 1. The van der Waals surface area contributed by atoms with Gasteiger partial charge < -0.3 is 4.74 Å². The highest BCUT2D eigenvalue weighted by Gasteiger charge is 2.44. The Kier molecular flexibility index (Phi) is 5.10. The monoisotopic (exact) mass is 318 g/mol. The van der Waals surface area contributed by atoms with Crippen LogP contribution in [0.5, 0.6) is 5.75 Å². The van der Waals surface area contributed by atoms with Gasteiger partial charge in [-0.05, 0) is 18.6 Å². The number of Topliss-reactive ketones (excluding diaryl/α,β-unsaturated/α-hetero) is 1. The fourth-order valence-corrected chi connectivity index (χ4v) is 2.23. The van der Waals surface area contributed by atoms with Gasteiger partial charge in [-0.1, -0.05) is 25.5 Å². The number of hydrogen-bond donors (Lipinski definition) is 0. The SMILES string of the molecule is CCCCN1C(=O)C(=O)N(CC(=O)c2cccc(OC)c2)C1=O. The van der Waals surface area contributed by atoms with Gasteiger partial charge in [0.15, 0.2) is 5.78 Å². The van der Waals surface area contributed by atoms with E-state index < -0.39 is 30.2 Å². The summed E-state index contributed by atoms with van der Waals surface area (Å²) in [6.45, 7) is 1.64. The number of imide groups is 2. The van der Waals surface area contributed by atoms with Crippen LogP contribution in [0.25, 0.3) is 0 Å². The number of rotatable bonds is 7. The Morgan fingerprint density at radius 2 is 1.83 bits per heavy atom. The van der Waals surface area contributed by atoms with Crippen LogP contribution in [0.1, 0.15) is 30.1 Å². The minimum atomic E-state index is -0.956. The number of carbonyl (C=O) groups excluding carboxylic acids is 4. The summed E-state index contributed by atoms with van der Waals surface area (Å²) in [7, 11) is 1.47. The van der Waals surface area contributed by atoms with Gasteiger partial charge >= 0.3 is 17.8 Å². The van der Waals surface area contributed by atoms with Crippen LogP contribution in [0.2, 0.25) is 0 Å². The maximum atomic E-state index is 12.3. The molecule has 0 aromatic heterocycles.